The lowest BCUT2D eigenvalue weighted by molar-refractivity contribution is 0.0267. The molecule has 1 amide bonds. The van der Waals surface area contributed by atoms with Gasteiger partial charge < -0.3 is 14.7 Å². The average Bonchev–Trinajstić information content (AvgIpc) is 3.11. The van der Waals surface area contributed by atoms with Crippen LogP contribution in [-0.2, 0) is 4.74 Å². The highest BCUT2D eigenvalue weighted by Crippen LogP contribution is 2.51. The van der Waals surface area contributed by atoms with Gasteiger partial charge in [0, 0.05) is 13.1 Å². The Balaban J connectivity index is 0.000000179. The summed E-state index contributed by atoms with van der Waals surface area (Å²) in [5.74, 6) is -0.671. The average molecular weight is 428 g/mol. The van der Waals surface area contributed by atoms with Crippen LogP contribution < -0.4 is 0 Å². The van der Waals surface area contributed by atoms with Crippen LogP contribution in [0.4, 0.5) is 13.6 Å². The molecule has 164 valence electrons. The number of piperidine rings is 1. The molecule has 4 rings (SSSR count). The minimum absolute atomic E-state index is 0.142. The summed E-state index contributed by atoms with van der Waals surface area (Å²) >= 11 is 0. The van der Waals surface area contributed by atoms with Crippen LogP contribution in [0.2, 0.25) is 0 Å². The first-order chi connectivity index (χ1) is 14.5. The summed E-state index contributed by atoms with van der Waals surface area (Å²) in [4.78, 5) is 13.5. The number of halogens is 2. The van der Waals surface area contributed by atoms with Gasteiger partial charge in [0.1, 0.15) is 5.60 Å². The zero-order valence-electron chi connectivity index (χ0n) is 18.0. The second-order valence-electron chi connectivity index (χ2n) is 9.05. The lowest BCUT2D eigenvalue weighted by atomic mass is 10.0. The molecular formula is C24H26F2N2O3. The Labute approximate surface area is 180 Å². The van der Waals surface area contributed by atoms with Crippen molar-refractivity contribution < 1.29 is 23.4 Å². The molecule has 2 fully saturated rings. The molecule has 0 aromatic heterocycles. The molecule has 2 aliphatic rings. The zero-order valence-corrected chi connectivity index (χ0v) is 18.0. The predicted octanol–water partition coefficient (Wildman–Crippen LogP) is 5.33. The smallest absolute Gasteiger partial charge is 0.410 e. The largest absolute Gasteiger partial charge is 0.503 e. The van der Waals surface area contributed by atoms with E-state index in [1.165, 1.54) is 0 Å². The number of phenols is 1. The topological polar surface area (TPSA) is 73.6 Å². The molecule has 1 aliphatic heterocycles. The first kappa shape index (κ1) is 22.5. The highest BCUT2D eigenvalue weighted by Gasteiger charge is 2.54. The van der Waals surface area contributed by atoms with Crippen molar-refractivity contribution >= 4 is 6.09 Å². The van der Waals surface area contributed by atoms with E-state index in [0.717, 1.165) is 43.0 Å². The Bertz CT molecular complexity index is 974. The number of hydrogen-bond donors (Lipinski definition) is 1. The summed E-state index contributed by atoms with van der Waals surface area (Å²) in [5.41, 5.74) is 0.979. The highest BCUT2D eigenvalue weighted by molar-refractivity contribution is 5.69. The van der Waals surface area contributed by atoms with Gasteiger partial charge in [-0.25, -0.2) is 13.6 Å². The van der Waals surface area contributed by atoms with E-state index in [9.17, 15) is 13.6 Å². The molecule has 0 radical (unpaired) electrons. The van der Waals surface area contributed by atoms with Gasteiger partial charge in [0.05, 0.1) is 11.6 Å². The number of fused-ring (bicyclic) bond motifs is 1. The molecule has 1 saturated heterocycles. The van der Waals surface area contributed by atoms with Crippen LogP contribution in [0.3, 0.4) is 0 Å². The van der Waals surface area contributed by atoms with Crippen molar-refractivity contribution in [2.24, 2.45) is 17.8 Å². The molecular weight excluding hydrogens is 402 g/mol. The van der Waals surface area contributed by atoms with E-state index in [1.807, 2.05) is 31.7 Å². The van der Waals surface area contributed by atoms with Gasteiger partial charge in [-0.2, -0.15) is 5.26 Å². The van der Waals surface area contributed by atoms with Gasteiger partial charge in [-0.3, -0.25) is 0 Å². The van der Waals surface area contributed by atoms with Crippen molar-refractivity contribution in [3.8, 4) is 22.9 Å². The van der Waals surface area contributed by atoms with Gasteiger partial charge in [-0.1, -0.05) is 19.1 Å². The molecule has 1 N–H and O–H groups in total. The second-order valence-corrected chi connectivity index (χ2v) is 9.05. The van der Waals surface area contributed by atoms with Crippen molar-refractivity contribution in [1.29, 1.82) is 5.26 Å². The number of rotatable bonds is 1. The van der Waals surface area contributed by atoms with Crippen LogP contribution in [0.15, 0.2) is 36.4 Å². The van der Waals surface area contributed by atoms with Crippen molar-refractivity contribution in [2.45, 2.75) is 33.3 Å². The number of carbonyl (C=O) groups is 1. The fourth-order valence-electron chi connectivity index (χ4n) is 3.77. The summed E-state index contributed by atoms with van der Waals surface area (Å²) in [6.45, 7) is 9.79. The van der Waals surface area contributed by atoms with Crippen LogP contribution in [0.1, 0.15) is 33.3 Å². The van der Waals surface area contributed by atoms with Crippen molar-refractivity contribution in [3.05, 3.63) is 53.6 Å². The van der Waals surface area contributed by atoms with E-state index >= 15 is 0 Å². The minimum Gasteiger partial charge on any atom is -0.503 e. The van der Waals surface area contributed by atoms with Gasteiger partial charge in [0.15, 0.2) is 17.4 Å². The van der Waals surface area contributed by atoms with Crippen LogP contribution >= 0.6 is 0 Å². The molecule has 31 heavy (non-hydrogen) atoms. The number of aromatic hydroxyl groups is 1. The molecule has 2 aromatic carbocycles. The Morgan fingerprint density at radius 2 is 1.61 bits per heavy atom. The maximum atomic E-state index is 13.1. The van der Waals surface area contributed by atoms with Crippen LogP contribution in [-0.4, -0.2) is 34.8 Å². The summed E-state index contributed by atoms with van der Waals surface area (Å²) in [5, 5.41) is 17.6. The maximum absolute atomic E-state index is 13.1. The third-order valence-corrected chi connectivity index (χ3v) is 5.64. The Morgan fingerprint density at radius 1 is 1.10 bits per heavy atom. The highest BCUT2D eigenvalue weighted by atomic mass is 19.1. The predicted molar refractivity (Wildman–Crippen MR) is 112 cm³/mol. The molecule has 2 aromatic rings. The Kier molecular flexibility index (Phi) is 6.21. The van der Waals surface area contributed by atoms with Gasteiger partial charge in [-0.15, -0.1) is 0 Å². The molecule has 1 heterocycles. The van der Waals surface area contributed by atoms with E-state index in [4.69, 9.17) is 15.1 Å². The number of likely N-dealkylation sites (tertiary alicyclic amines) is 1. The summed E-state index contributed by atoms with van der Waals surface area (Å²) in [6, 6.07) is 10.3. The van der Waals surface area contributed by atoms with E-state index in [0.29, 0.717) is 16.7 Å². The molecule has 1 aliphatic carbocycles. The van der Waals surface area contributed by atoms with Gasteiger partial charge in [0.25, 0.3) is 0 Å². The number of phenolic OH excluding ortho intramolecular Hbond substituents is 1. The fraction of sp³-hybridized carbons (Fsp3) is 0.417. The number of hydrogen-bond acceptors (Lipinski definition) is 4. The number of amides is 1. The van der Waals surface area contributed by atoms with E-state index in [2.05, 4.69) is 6.92 Å². The van der Waals surface area contributed by atoms with E-state index in [-0.39, 0.29) is 11.7 Å². The third-order valence-electron chi connectivity index (χ3n) is 5.64. The van der Waals surface area contributed by atoms with Crippen LogP contribution in [0, 0.1) is 40.7 Å². The first-order valence-electron chi connectivity index (χ1n) is 10.2. The molecule has 0 bridgehead atoms. The number of nitrogens with zero attached hydrogens (tertiary/aromatic N) is 2. The number of ether oxygens (including phenoxy) is 1. The summed E-state index contributed by atoms with van der Waals surface area (Å²) in [6.07, 6.45) is -0.142. The molecule has 1 saturated carbocycles. The second kappa shape index (κ2) is 8.54. The Hall–Kier alpha value is -3.14. The zero-order chi connectivity index (χ0) is 22.9. The normalized spacial score (nSPS) is 21.5. The Morgan fingerprint density at radius 3 is 2.06 bits per heavy atom. The monoisotopic (exact) mass is 428 g/mol. The van der Waals surface area contributed by atoms with Crippen molar-refractivity contribution in [2.75, 3.05) is 13.1 Å². The lowest BCUT2D eigenvalue weighted by Crippen LogP contribution is -2.36. The first-order valence-corrected chi connectivity index (χ1v) is 10.2. The molecule has 0 spiro atoms. The molecule has 7 heteroatoms. The van der Waals surface area contributed by atoms with Gasteiger partial charge in [0.2, 0.25) is 0 Å². The maximum Gasteiger partial charge on any atom is 0.410 e. The SMILES string of the molecule is CC1C2CN(C(=O)OC(C)(C)C)CC12.N#Cc1ccc(-c2cc(F)c(O)c(F)c2)cc1. The summed E-state index contributed by atoms with van der Waals surface area (Å²) in [7, 11) is 0. The standard InChI is InChI=1S/C13H7F2NO.C11H19NO2/c14-11-5-10(6-12(15)13(11)17)9-3-1-8(7-16)2-4-9;1-7-8-5-12(6-9(7)8)10(13)14-11(2,3)4/h1-6,17H;7-9H,5-6H2,1-4H3. The molecule has 2 atom stereocenters. The van der Waals surface area contributed by atoms with E-state index in [1.54, 1.807) is 24.3 Å². The molecule has 5 nitrogen and oxygen atoms in total. The molecule has 2 unspecified atom stereocenters. The number of benzene rings is 2. The fourth-order valence-corrected chi connectivity index (χ4v) is 3.77. The van der Waals surface area contributed by atoms with Crippen LogP contribution in [0.25, 0.3) is 11.1 Å². The summed E-state index contributed by atoms with van der Waals surface area (Å²) < 4.78 is 31.6. The van der Waals surface area contributed by atoms with Crippen LogP contribution in [0.5, 0.6) is 5.75 Å². The van der Waals surface area contributed by atoms with Crippen molar-refractivity contribution in [3.63, 3.8) is 0 Å². The lowest BCUT2D eigenvalue weighted by Gasteiger charge is -2.25. The van der Waals surface area contributed by atoms with Crippen molar-refractivity contribution in [1.82, 2.24) is 4.90 Å². The van der Waals surface area contributed by atoms with Gasteiger partial charge >= 0.3 is 6.09 Å². The number of carbonyl (C=O) groups excluding carboxylic acids is 1. The third kappa shape index (κ3) is 5.32. The quantitative estimate of drug-likeness (QED) is 0.666. The number of nitriles is 1. The van der Waals surface area contributed by atoms with E-state index < -0.39 is 17.4 Å². The van der Waals surface area contributed by atoms with Gasteiger partial charge in [-0.05, 0) is 73.9 Å². The minimum atomic E-state index is -1.01.